The van der Waals surface area contributed by atoms with Crippen LogP contribution in [0, 0.1) is 5.92 Å². The van der Waals surface area contributed by atoms with Crippen LogP contribution in [0.1, 0.15) is 30.6 Å². The standard InChI is InChI=1S/C18H25N3O5/c1-13(2)15-12-26-18(24)21(15)10-16(22)19-5-3-6-20(8-7-19)17(23)14-4-9-25-11-14/h4,9,11,13,15H,3,5-8,10,12H2,1-2H3/t15-/m1/s1. The van der Waals surface area contributed by atoms with Gasteiger partial charge in [-0.05, 0) is 18.4 Å². The first-order valence-electron chi connectivity index (χ1n) is 9.00. The molecule has 2 aliphatic rings. The van der Waals surface area contributed by atoms with Gasteiger partial charge in [0.1, 0.15) is 19.4 Å². The number of furan rings is 1. The molecule has 3 heterocycles. The number of rotatable bonds is 4. The third-order valence-corrected chi connectivity index (χ3v) is 4.99. The first kappa shape index (κ1) is 18.3. The lowest BCUT2D eigenvalue weighted by Gasteiger charge is -2.27. The molecular weight excluding hydrogens is 338 g/mol. The fraction of sp³-hybridized carbons (Fsp3) is 0.611. The second-order valence-corrected chi connectivity index (χ2v) is 7.05. The van der Waals surface area contributed by atoms with E-state index in [2.05, 4.69) is 0 Å². The molecule has 1 aromatic rings. The highest BCUT2D eigenvalue weighted by Crippen LogP contribution is 2.19. The highest BCUT2D eigenvalue weighted by atomic mass is 16.6. The molecule has 0 saturated carbocycles. The van der Waals surface area contributed by atoms with Crippen LogP contribution in [0.5, 0.6) is 0 Å². The summed E-state index contributed by atoms with van der Waals surface area (Å²) in [4.78, 5) is 42.0. The van der Waals surface area contributed by atoms with Crippen molar-refractivity contribution >= 4 is 17.9 Å². The number of carbonyl (C=O) groups excluding carboxylic acids is 3. The van der Waals surface area contributed by atoms with E-state index in [-0.39, 0.29) is 30.3 Å². The summed E-state index contributed by atoms with van der Waals surface area (Å²) in [5.74, 6) is 0.0320. The van der Waals surface area contributed by atoms with E-state index in [1.54, 1.807) is 15.9 Å². The molecule has 0 spiro atoms. The lowest BCUT2D eigenvalue weighted by atomic mass is 10.0. The predicted octanol–water partition coefficient (Wildman–Crippen LogP) is 1.43. The summed E-state index contributed by atoms with van der Waals surface area (Å²) in [5, 5.41) is 0. The Morgan fingerprint density at radius 2 is 1.92 bits per heavy atom. The molecule has 142 valence electrons. The average Bonchev–Trinajstić information content (AvgIpc) is 3.19. The summed E-state index contributed by atoms with van der Waals surface area (Å²) >= 11 is 0. The van der Waals surface area contributed by atoms with Crippen molar-refractivity contribution in [3.63, 3.8) is 0 Å². The van der Waals surface area contributed by atoms with Crippen molar-refractivity contribution in [3.05, 3.63) is 24.2 Å². The van der Waals surface area contributed by atoms with Gasteiger partial charge in [0, 0.05) is 26.2 Å². The van der Waals surface area contributed by atoms with Gasteiger partial charge in [-0.15, -0.1) is 0 Å². The van der Waals surface area contributed by atoms with E-state index in [1.165, 1.54) is 17.4 Å². The fourth-order valence-corrected chi connectivity index (χ4v) is 3.38. The Balaban J connectivity index is 1.57. The summed E-state index contributed by atoms with van der Waals surface area (Å²) in [7, 11) is 0. The van der Waals surface area contributed by atoms with E-state index < -0.39 is 6.09 Å². The van der Waals surface area contributed by atoms with Crippen molar-refractivity contribution in [1.82, 2.24) is 14.7 Å². The molecule has 0 bridgehead atoms. The normalized spacial score (nSPS) is 21.1. The van der Waals surface area contributed by atoms with Crippen molar-refractivity contribution in [2.24, 2.45) is 5.92 Å². The SMILES string of the molecule is CC(C)[C@H]1COC(=O)N1CC(=O)N1CCCN(C(=O)c2ccoc2)CC1. The minimum atomic E-state index is -0.427. The number of nitrogens with zero attached hydrogens (tertiary/aromatic N) is 3. The van der Waals surface area contributed by atoms with Crippen molar-refractivity contribution in [2.75, 3.05) is 39.3 Å². The Labute approximate surface area is 152 Å². The van der Waals surface area contributed by atoms with E-state index in [4.69, 9.17) is 9.15 Å². The summed E-state index contributed by atoms with van der Waals surface area (Å²) in [6.45, 7) is 6.46. The fourth-order valence-electron chi connectivity index (χ4n) is 3.38. The molecule has 26 heavy (non-hydrogen) atoms. The highest BCUT2D eigenvalue weighted by Gasteiger charge is 2.37. The Bertz CT molecular complexity index is 658. The van der Waals surface area contributed by atoms with Gasteiger partial charge in [-0.25, -0.2) is 4.79 Å². The Morgan fingerprint density at radius 1 is 1.19 bits per heavy atom. The number of ether oxygens (including phenoxy) is 1. The Kier molecular flexibility index (Phi) is 5.49. The quantitative estimate of drug-likeness (QED) is 0.808. The molecule has 8 heteroatoms. The largest absolute Gasteiger partial charge is 0.472 e. The summed E-state index contributed by atoms with van der Waals surface area (Å²) in [5.41, 5.74) is 0.518. The first-order chi connectivity index (χ1) is 12.5. The first-order valence-corrected chi connectivity index (χ1v) is 9.00. The second-order valence-electron chi connectivity index (χ2n) is 7.05. The van der Waals surface area contributed by atoms with Crippen molar-refractivity contribution < 1.29 is 23.5 Å². The maximum atomic E-state index is 12.7. The molecule has 8 nitrogen and oxygen atoms in total. The molecule has 0 N–H and O–H groups in total. The zero-order valence-electron chi connectivity index (χ0n) is 15.2. The van der Waals surface area contributed by atoms with Crippen LogP contribution in [0.3, 0.4) is 0 Å². The van der Waals surface area contributed by atoms with Gasteiger partial charge in [-0.3, -0.25) is 14.5 Å². The van der Waals surface area contributed by atoms with Crippen molar-refractivity contribution in [2.45, 2.75) is 26.3 Å². The molecule has 0 aromatic carbocycles. The van der Waals surface area contributed by atoms with Gasteiger partial charge < -0.3 is 19.0 Å². The van der Waals surface area contributed by atoms with E-state index in [0.29, 0.717) is 44.8 Å². The number of hydrogen-bond acceptors (Lipinski definition) is 5. The monoisotopic (exact) mass is 363 g/mol. The Hall–Kier alpha value is -2.51. The maximum Gasteiger partial charge on any atom is 0.410 e. The van der Waals surface area contributed by atoms with Gasteiger partial charge in [0.25, 0.3) is 5.91 Å². The lowest BCUT2D eigenvalue weighted by Crippen LogP contribution is -2.46. The molecule has 0 radical (unpaired) electrons. The van der Waals surface area contributed by atoms with Gasteiger partial charge in [0.05, 0.1) is 17.9 Å². The minimum absolute atomic E-state index is 0.0252. The van der Waals surface area contributed by atoms with Crippen LogP contribution in [0.4, 0.5) is 4.79 Å². The van der Waals surface area contributed by atoms with Crippen LogP contribution in [0.2, 0.25) is 0 Å². The van der Waals surface area contributed by atoms with Crippen LogP contribution in [0.25, 0.3) is 0 Å². The van der Waals surface area contributed by atoms with Crippen LogP contribution < -0.4 is 0 Å². The van der Waals surface area contributed by atoms with Crippen LogP contribution in [0.15, 0.2) is 23.0 Å². The smallest absolute Gasteiger partial charge is 0.410 e. The molecule has 3 amide bonds. The second kappa shape index (κ2) is 7.80. The molecule has 1 aromatic heterocycles. The molecule has 3 rings (SSSR count). The molecule has 0 unspecified atom stereocenters. The van der Waals surface area contributed by atoms with Crippen molar-refractivity contribution in [3.8, 4) is 0 Å². The van der Waals surface area contributed by atoms with Gasteiger partial charge in [-0.1, -0.05) is 13.8 Å². The van der Waals surface area contributed by atoms with Crippen LogP contribution in [-0.2, 0) is 9.53 Å². The van der Waals surface area contributed by atoms with Crippen LogP contribution in [-0.4, -0.2) is 78.0 Å². The minimum Gasteiger partial charge on any atom is -0.472 e. The van der Waals surface area contributed by atoms with E-state index in [1.807, 2.05) is 13.8 Å². The lowest BCUT2D eigenvalue weighted by molar-refractivity contribution is -0.132. The summed E-state index contributed by atoms with van der Waals surface area (Å²) in [6, 6.07) is 1.57. The third-order valence-electron chi connectivity index (χ3n) is 4.99. The van der Waals surface area contributed by atoms with E-state index >= 15 is 0 Å². The van der Waals surface area contributed by atoms with Gasteiger partial charge in [0.2, 0.25) is 5.91 Å². The summed E-state index contributed by atoms with van der Waals surface area (Å²) < 4.78 is 10.1. The molecule has 2 fully saturated rings. The number of amides is 3. The number of hydrogen-bond donors (Lipinski definition) is 0. The summed E-state index contributed by atoms with van der Waals surface area (Å²) in [6.07, 6.45) is 3.18. The zero-order chi connectivity index (χ0) is 18.7. The Morgan fingerprint density at radius 3 is 2.62 bits per heavy atom. The number of cyclic esters (lactones) is 1. The van der Waals surface area contributed by atoms with Gasteiger partial charge in [-0.2, -0.15) is 0 Å². The average molecular weight is 363 g/mol. The topological polar surface area (TPSA) is 83.3 Å². The highest BCUT2D eigenvalue weighted by molar-refractivity contribution is 5.94. The van der Waals surface area contributed by atoms with Gasteiger partial charge in [0.15, 0.2) is 0 Å². The predicted molar refractivity (Wildman–Crippen MR) is 92.5 cm³/mol. The molecular formula is C18H25N3O5. The molecule has 0 aliphatic carbocycles. The van der Waals surface area contributed by atoms with E-state index in [0.717, 1.165) is 0 Å². The van der Waals surface area contributed by atoms with Gasteiger partial charge >= 0.3 is 6.09 Å². The van der Waals surface area contributed by atoms with E-state index in [9.17, 15) is 14.4 Å². The number of carbonyl (C=O) groups is 3. The van der Waals surface area contributed by atoms with Crippen molar-refractivity contribution in [1.29, 1.82) is 0 Å². The molecule has 2 aliphatic heterocycles. The zero-order valence-corrected chi connectivity index (χ0v) is 15.2. The third kappa shape index (κ3) is 3.84. The maximum absolute atomic E-state index is 12.7. The molecule has 1 atom stereocenters. The molecule has 2 saturated heterocycles. The van der Waals surface area contributed by atoms with Crippen LogP contribution >= 0.6 is 0 Å².